The van der Waals surface area contributed by atoms with Crippen LogP contribution in [0.15, 0.2) is 33.5 Å². The second-order valence-corrected chi connectivity index (χ2v) is 4.57. The third kappa shape index (κ3) is 2.60. The Labute approximate surface area is 112 Å². The molecule has 1 aromatic carbocycles. The zero-order valence-electron chi connectivity index (χ0n) is 9.61. The van der Waals surface area contributed by atoms with E-state index in [0.717, 1.165) is 4.47 Å². The third-order valence-electron chi connectivity index (χ3n) is 2.36. The number of ether oxygens (including phenoxy) is 1. The van der Waals surface area contributed by atoms with Crippen molar-refractivity contribution in [2.24, 2.45) is 0 Å². The van der Waals surface area contributed by atoms with Crippen molar-refractivity contribution < 1.29 is 9.84 Å². The molecule has 5 nitrogen and oxygen atoms in total. The van der Waals surface area contributed by atoms with Gasteiger partial charge in [0.15, 0.2) is 0 Å². The number of nitrogens with one attached hydrogen (secondary N) is 1. The van der Waals surface area contributed by atoms with Crippen LogP contribution in [0, 0.1) is 0 Å². The van der Waals surface area contributed by atoms with E-state index in [9.17, 15) is 9.90 Å². The molecule has 2 aromatic rings. The molecule has 0 unspecified atom stereocenters. The lowest BCUT2D eigenvalue weighted by atomic mass is 10.1. The molecule has 0 fully saturated rings. The standard InChI is InChI=1S/C12H11BrN2O3/c1-18-6-9-14-11(16)10(12(17)15-9)7-2-4-8(13)5-3-7/h2-5H,6H2,1H3,(H2,14,15,16,17). The zero-order chi connectivity index (χ0) is 13.1. The molecule has 2 N–H and O–H groups in total. The molecule has 0 atom stereocenters. The lowest BCUT2D eigenvalue weighted by molar-refractivity contribution is 0.176. The van der Waals surface area contributed by atoms with Crippen LogP contribution in [0.3, 0.4) is 0 Å². The maximum Gasteiger partial charge on any atom is 0.262 e. The summed E-state index contributed by atoms with van der Waals surface area (Å²) in [5, 5.41) is 9.82. The first-order valence-electron chi connectivity index (χ1n) is 5.19. The number of aromatic amines is 1. The van der Waals surface area contributed by atoms with Crippen LogP contribution in [-0.4, -0.2) is 22.2 Å². The summed E-state index contributed by atoms with van der Waals surface area (Å²) in [7, 11) is 1.49. The summed E-state index contributed by atoms with van der Waals surface area (Å²) >= 11 is 3.31. The van der Waals surface area contributed by atoms with Gasteiger partial charge in [0.1, 0.15) is 18.0 Å². The van der Waals surface area contributed by atoms with Crippen molar-refractivity contribution in [3.8, 4) is 17.0 Å². The number of rotatable bonds is 3. The first-order chi connectivity index (χ1) is 8.61. The second-order valence-electron chi connectivity index (χ2n) is 3.65. The Morgan fingerprint density at radius 2 is 2.06 bits per heavy atom. The molecular weight excluding hydrogens is 300 g/mol. The van der Waals surface area contributed by atoms with Crippen LogP contribution in [0.5, 0.6) is 5.88 Å². The first-order valence-corrected chi connectivity index (χ1v) is 5.98. The summed E-state index contributed by atoms with van der Waals surface area (Å²) in [6.45, 7) is 0.142. The lowest BCUT2D eigenvalue weighted by Crippen LogP contribution is -2.14. The summed E-state index contributed by atoms with van der Waals surface area (Å²) < 4.78 is 5.74. The van der Waals surface area contributed by atoms with Gasteiger partial charge in [-0.3, -0.25) is 4.79 Å². The number of nitrogens with zero attached hydrogens (tertiary/aromatic N) is 1. The Kier molecular flexibility index (Phi) is 3.78. The van der Waals surface area contributed by atoms with E-state index in [1.807, 2.05) is 0 Å². The maximum atomic E-state index is 11.9. The second kappa shape index (κ2) is 5.32. The van der Waals surface area contributed by atoms with Gasteiger partial charge in [0.05, 0.1) is 0 Å². The van der Waals surface area contributed by atoms with E-state index in [2.05, 4.69) is 25.9 Å². The van der Waals surface area contributed by atoms with Gasteiger partial charge in [0.25, 0.3) is 5.56 Å². The molecule has 1 heterocycles. The Morgan fingerprint density at radius 3 is 2.61 bits per heavy atom. The molecule has 0 radical (unpaired) electrons. The predicted octanol–water partition coefficient (Wildman–Crippen LogP) is 2.05. The van der Waals surface area contributed by atoms with Gasteiger partial charge in [0.2, 0.25) is 5.88 Å². The highest BCUT2D eigenvalue weighted by Crippen LogP contribution is 2.24. The van der Waals surface area contributed by atoms with Gasteiger partial charge in [-0.05, 0) is 17.7 Å². The summed E-state index contributed by atoms with van der Waals surface area (Å²) in [6, 6.07) is 7.03. The average molecular weight is 311 g/mol. The topological polar surface area (TPSA) is 75.2 Å². The van der Waals surface area contributed by atoms with Crippen molar-refractivity contribution in [1.29, 1.82) is 0 Å². The number of benzene rings is 1. The number of hydrogen-bond donors (Lipinski definition) is 2. The van der Waals surface area contributed by atoms with Crippen LogP contribution in [0.2, 0.25) is 0 Å². The lowest BCUT2D eigenvalue weighted by Gasteiger charge is -2.05. The fraction of sp³-hybridized carbons (Fsp3) is 0.167. The van der Waals surface area contributed by atoms with E-state index in [1.165, 1.54) is 7.11 Å². The fourth-order valence-corrected chi connectivity index (χ4v) is 1.85. The minimum absolute atomic E-state index is 0.142. The average Bonchev–Trinajstić information content (AvgIpc) is 2.31. The Hall–Kier alpha value is -1.66. The molecule has 94 valence electrons. The number of halogens is 1. The molecule has 0 bridgehead atoms. The molecule has 0 amide bonds. The molecule has 0 aliphatic rings. The van der Waals surface area contributed by atoms with Gasteiger partial charge in [-0.25, -0.2) is 0 Å². The highest BCUT2D eigenvalue weighted by Gasteiger charge is 2.12. The van der Waals surface area contributed by atoms with E-state index < -0.39 is 5.56 Å². The highest BCUT2D eigenvalue weighted by molar-refractivity contribution is 9.10. The maximum absolute atomic E-state index is 11.9. The number of aromatic hydroxyl groups is 1. The van der Waals surface area contributed by atoms with Crippen LogP contribution >= 0.6 is 15.9 Å². The number of H-pyrrole nitrogens is 1. The van der Waals surface area contributed by atoms with E-state index in [1.54, 1.807) is 24.3 Å². The summed E-state index contributed by atoms with van der Waals surface area (Å²) in [4.78, 5) is 18.4. The molecule has 2 rings (SSSR count). The van der Waals surface area contributed by atoms with Crippen molar-refractivity contribution >= 4 is 15.9 Å². The van der Waals surface area contributed by atoms with Gasteiger partial charge in [-0.2, -0.15) is 4.98 Å². The Balaban J connectivity index is 2.52. The molecule has 0 aliphatic carbocycles. The highest BCUT2D eigenvalue weighted by atomic mass is 79.9. The van der Waals surface area contributed by atoms with Gasteiger partial charge >= 0.3 is 0 Å². The number of methoxy groups -OCH3 is 1. The zero-order valence-corrected chi connectivity index (χ0v) is 11.2. The predicted molar refractivity (Wildman–Crippen MR) is 70.4 cm³/mol. The van der Waals surface area contributed by atoms with Crippen molar-refractivity contribution in [3.63, 3.8) is 0 Å². The van der Waals surface area contributed by atoms with Crippen molar-refractivity contribution in [3.05, 3.63) is 44.9 Å². The van der Waals surface area contributed by atoms with Gasteiger partial charge in [0, 0.05) is 11.6 Å². The molecule has 0 saturated carbocycles. The first kappa shape index (κ1) is 12.8. The van der Waals surface area contributed by atoms with Crippen molar-refractivity contribution in [2.75, 3.05) is 7.11 Å². The Bertz CT molecular complexity index is 608. The summed E-state index contributed by atoms with van der Waals surface area (Å²) in [5.74, 6) is -0.00557. The van der Waals surface area contributed by atoms with Crippen LogP contribution < -0.4 is 5.56 Å². The Morgan fingerprint density at radius 1 is 1.39 bits per heavy atom. The molecule has 1 aromatic heterocycles. The number of aromatic nitrogens is 2. The molecular formula is C12H11BrN2O3. The summed E-state index contributed by atoms with van der Waals surface area (Å²) in [6.07, 6.45) is 0. The summed E-state index contributed by atoms with van der Waals surface area (Å²) in [5.41, 5.74) is 0.368. The molecule has 18 heavy (non-hydrogen) atoms. The van der Waals surface area contributed by atoms with E-state index in [-0.39, 0.29) is 18.1 Å². The molecule has 6 heteroatoms. The fourth-order valence-electron chi connectivity index (χ4n) is 1.59. The number of hydrogen-bond acceptors (Lipinski definition) is 4. The minimum atomic E-state index is -0.392. The van der Waals surface area contributed by atoms with E-state index in [4.69, 9.17) is 4.74 Å². The van der Waals surface area contributed by atoms with Gasteiger partial charge in [-0.1, -0.05) is 28.1 Å². The normalized spacial score (nSPS) is 10.6. The molecule has 0 spiro atoms. The van der Waals surface area contributed by atoms with Crippen LogP contribution in [-0.2, 0) is 11.3 Å². The smallest absolute Gasteiger partial charge is 0.262 e. The SMILES string of the molecule is COCc1nc(O)c(-c2ccc(Br)cc2)c(=O)[nH]1. The molecule has 0 saturated heterocycles. The van der Waals surface area contributed by atoms with Crippen LogP contribution in [0.1, 0.15) is 5.82 Å². The van der Waals surface area contributed by atoms with Crippen molar-refractivity contribution in [2.45, 2.75) is 6.61 Å². The van der Waals surface area contributed by atoms with E-state index >= 15 is 0 Å². The third-order valence-corrected chi connectivity index (χ3v) is 2.89. The minimum Gasteiger partial charge on any atom is -0.493 e. The molecule has 0 aliphatic heterocycles. The van der Waals surface area contributed by atoms with Gasteiger partial charge < -0.3 is 14.8 Å². The monoisotopic (exact) mass is 310 g/mol. The largest absolute Gasteiger partial charge is 0.493 e. The van der Waals surface area contributed by atoms with Crippen LogP contribution in [0.4, 0.5) is 0 Å². The van der Waals surface area contributed by atoms with Crippen molar-refractivity contribution in [1.82, 2.24) is 9.97 Å². The van der Waals surface area contributed by atoms with Gasteiger partial charge in [-0.15, -0.1) is 0 Å². The van der Waals surface area contributed by atoms with Crippen LogP contribution in [0.25, 0.3) is 11.1 Å². The quantitative estimate of drug-likeness (QED) is 0.910. The van der Waals surface area contributed by atoms with E-state index in [0.29, 0.717) is 11.4 Å².